The topological polar surface area (TPSA) is 81.4 Å². The summed E-state index contributed by atoms with van der Waals surface area (Å²) < 4.78 is 10.6. The molecule has 1 N–H and O–H groups in total. The third kappa shape index (κ3) is 3.46. The van der Waals surface area contributed by atoms with Crippen molar-refractivity contribution < 1.29 is 13.9 Å². The summed E-state index contributed by atoms with van der Waals surface area (Å²) in [6.45, 7) is 4.58. The van der Waals surface area contributed by atoms with Gasteiger partial charge in [0.25, 0.3) is 5.91 Å². The molecular formula is C17H16N2O4S. The van der Waals surface area contributed by atoms with Gasteiger partial charge in [-0.25, -0.2) is 9.78 Å². The van der Waals surface area contributed by atoms with Crippen LogP contribution < -0.4 is 15.7 Å². The number of aryl methyl sites for hydroxylation is 1. The van der Waals surface area contributed by atoms with E-state index in [1.165, 1.54) is 17.4 Å². The van der Waals surface area contributed by atoms with Crippen molar-refractivity contribution in [2.24, 2.45) is 0 Å². The third-order valence-electron chi connectivity index (χ3n) is 3.37. The zero-order valence-corrected chi connectivity index (χ0v) is 14.1. The molecule has 3 aromatic rings. The van der Waals surface area contributed by atoms with Crippen LogP contribution in [0.15, 0.2) is 38.9 Å². The molecular weight excluding hydrogens is 328 g/mol. The molecule has 3 rings (SSSR count). The highest BCUT2D eigenvalue weighted by molar-refractivity contribution is 7.09. The maximum absolute atomic E-state index is 12.5. The Morgan fingerprint density at radius 3 is 2.92 bits per heavy atom. The van der Waals surface area contributed by atoms with E-state index in [1.54, 1.807) is 18.2 Å². The minimum Gasteiger partial charge on any atom is -0.494 e. The Bertz CT molecular complexity index is 945. The van der Waals surface area contributed by atoms with Crippen LogP contribution in [0, 0.1) is 6.92 Å². The van der Waals surface area contributed by atoms with Gasteiger partial charge < -0.3 is 14.5 Å². The summed E-state index contributed by atoms with van der Waals surface area (Å²) in [7, 11) is 0. The summed E-state index contributed by atoms with van der Waals surface area (Å²) in [6, 6.07) is 6.27. The van der Waals surface area contributed by atoms with Crippen molar-refractivity contribution in [2.75, 3.05) is 6.61 Å². The number of hydrogen-bond donors (Lipinski definition) is 1. The smallest absolute Gasteiger partial charge is 0.337 e. The zero-order chi connectivity index (χ0) is 17.1. The van der Waals surface area contributed by atoms with Gasteiger partial charge in [0, 0.05) is 22.9 Å². The van der Waals surface area contributed by atoms with Gasteiger partial charge in [0.05, 0.1) is 29.4 Å². The quantitative estimate of drug-likeness (QED) is 0.720. The van der Waals surface area contributed by atoms with Crippen LogP contribution in [0.2, 0.25) is 0 Å². The molecule has 0 saturated carbocycles. The number of nitrogens with one attached hydrogen (secondary N) is 1. The monoisotopic (exact) mass is 344 g/mol. The molecule has 0 radical (unpaired) electrons. The van der Waals surface area contributed by atoms with Crippen LogP contribution in [0.5, 0.6) is 5.75 Å². The van der Waals surface area contributed by atoms with Crippen molar-refractivity contribution in [1.82, 2.24) is 10.3 Å². The normalized spacial score (nSPS) is 10.8. The second kappa shape index (κ2) is 6.84. The molecule has 0 spiro atoms. The van der Waals surface area contributed by atoms with E-state index >= 15 is 0 Å². The summed E-state index contributed by atoms with van der Waals surface area (Å²) in [5.74, 6) is 0.242. The lowest BCUT2D eigenvalue weighted by Crippen LogP contribution is -2.24. The van der Waals surface area contributed by atoms with Crippen LogP contribution >= 0.6 is 11.3 Å². The molecule has 0 saturated heterocycles. The molecule has 24 heavy (non-hydrogen) atoms. The van der Waals surface area contributed by atoms with E-state index in [0.717, 1.165) is 10.7 Å². The first-order valence-electron chi connectivity index (χ1n) is 7.46. The van der Waals surface area contributed by atoms with Gasteiger partial charge in [0.15, 0.2) is 0 Å². The maximum Gasteiger partial charge on any atom is 0.337 e. The molecule has 0 bridgehead atoms. The third-order valence-corrected chi connectivity index (χ3v) is 4.19. The number of ether oxygens (including phenoxy) is 1. The SMILES string of the molecule is CCOc1ccc2c(C(=O)NCc3csc(C)n3)cc(=O)oc2c1. The van der Waals surface area contributed by atoms with Crippen molar-refractivity contribution in [1.29, 1.82) is 0 Å². The second-order valence-electron chi connectivity index (χ2n) is 5.11. The van der Waals surface area contributed by atoms with Crippen LogP contribution in [0.25, 0.3) is 11.0 Å². The lowest BCUT2D eigenvalue weighted by atomic mass is 10.1. The van der Waals surface area contributed by atoms with Gasteiger partial charge in [-0.2, -0.15) is 0 Å². The summed E-state index contributed by atoms with van der Waals surface area (Å²) in [5.41, 5.74) is 0.807. The highest BCUT2D eigenvalue weighted by atomic mass is 32.1. The average molecular weight is 344 g/mol. The first-order chi connectivity index (χ1) is 11.6. The van der Waals surface area contributed by atoms with Gasteiger partial charge in [-0.1, -0.05) is 0 Å². The lowest BCUT2D eigenvalue weighted by molar-refractivity contribution is 0.0951. The first-order valence-corrected chi connectivity index (χ1v) is 8.34. The van der Waals surface area contributed by atoms with Crippen molar-refractivity contribution >= 4 is 28.2 Å². The van der Waals surface area contributed by atoms with Crippen LogP contribution in [-0.2, 0) is 6.54 Å². The molecule has 2 aromatic heterocycles. The van der Waals surface area contributed by atoms with Gasteiger partial charge in [-0.15, -0.1) is 11.3 Å². The van der Waals surface area contributed by atoms with Crippen molar-refractivity contribution in [3.05, 3.63) is 56.3 Å². The highest BCUT2D eigenvalue weighted by Gasteiger charge is 2.14. The van der Waals surface area contributed by atoms with E-state index in [-0.39, 0.29) is 11.5 Å². The number of hydrogen-bond acceptors (Lipinski definition) is 6. The van der Waals surface area contributed by atoms with Crippen molar-refractivity contribution in [3.63, 3.8) is 0 Å². The molecule has 7 heteroatoms. The summed E-state index contributed by atoms with van der Waals surface area (Å²) in [5, 5.41) is 6.17. The van der Waals surface area contributed by atoms with Gasteiger partial charge in [0.2, 0.25) is 0 Å². The predicted molar refractivity (Wildman–Crippen MR) is 91.7 cm³/mol. The fourth-order valence-corrected chi connectivity index (χ4v) is 2.96. The van der Waals surface area contributed by atoms with Gasteiger partial charge in [0.1, 0.15) is 11.3 Å². The lowest BCUT2D eigenvalue weighted by Gasteiger charge is -2.08. The Morgan fingerprint density at radius 2 is 2.21 bits per heavy atom. The molecule has 0 fully saturated rings. The maximum atomic E-state index is 12.5. The molecule has 0 aliphatic heterocycles. The first kappa shape index (κ1) is 16.2. The summed E-state index contributed by atoms with van der Waals surface area (Å²) >= 11 is 1.52. The highest BCUT2D eigenvalue weighted by Crippen LogP contribution is 2.23. The molecule has 0 atom stereocenters. The van der Waals surface area contributed by atoms with Crippen molar-refractivity contribution in [3.8, 4) is 5.75 Å². The van der Waals surface area contributed by atoms with E-state index in [2.05, 4.69) is 10.3 Å². The van der Waals surface area contributed by atoms with E-state index in [4.69, 9.17) is 9.15 Å². The van der Waals surface area contributed by atoms with Gasteiger partial charge in [-0.3, -0.25) is 4.79 Å². The van der Waals surface area contributed by atoms with Gasteiger partial charge >= 0.3 is 5.63 Å². The second-order valence-corrected chi connectivity index (χ2v) is 6.17. The molecule has 1 aromatic carbocycles. The molecule has 0 aliphatic rings. The van der Waals surface area contributed by atoms with E-state index in [0.29, 0.717) is 29.9 Å². The Labute approximate surface area is 142 Å². The van der Waals surface area contributed by atoms with Crippen LogP contribution in [0.3, 0.4) is 0 Å². The fraction of sp³-hybridized carbons (Fsp3) is 0.235. The number of nitrogens with zero attached hydrogens (tertiary/aromatic N) is 1. The number of aromatic nitrogens is 1. The van der Waals surface area contributed by atoms with E-state index in [9.17, 15) is 9.59 Å². The number of rotatable bonds is 5. The predicted octanol–water partition coefficient (Wildman–Crippen LogP) is 2.89. The Balaban J connectivity index is 1.89. The molecule has 124 valence electrons. The Hall–Kier alpha value is -2.67. The van der Waals surface area contributed by atoms with Crippen LogP contribution in [0.1, 0.15) is 28.0 Å². The van der Waals surface area contributed by atoms with Crippen LogP contribution in [0.4, 0.5) is 0 Å². The van der Waals surface area contributed by atoms with Gasteiger partial charge in [-0.05, 0) is 26.0 Å². The van der Waals surface area contributed by atoms with E-state index in [1.807, 2.05) is 19.2 Å². The summed E-state index contributed by atoms with van der Waals surface area (Å²) in [4.78, 5) is 28.5. The van der Waals surface area contributed by atoms with Crippen LogP contribution in [-0.4, -0.2) is 17.5 Å². The zero-order valence-electron chi connectivity index (χ0n) is 13.3. The average Bonchev–Trinajstić information content (AvgIpc) is 2.97. The minimum absolute atomic E-state index is 0.274. The Morgan fingerprint density at radius 1 is 1.38 bits per heavy atom. The summed E-state index contributed by atoms with van der Waals surface area (Å²) in [6.07, 6.45) is 0. The number of thiazole rings is 1. The molecule has 0 aliphatic carbocycles. The molecule has 2 heterocycles. The standard InChI is InChI=1S/C17H16N2O4S/c1-3-22-12-4-5-13-14(7-16(20)23-15(13)6-12)17(21)18-8-11-9-24-10(2)19-11/h4-7,9H,3,8H2,1-2H3,(H,18,21). The van der Waals surface area contributed by atoms with Crippen molar-refractivity contribution in [2.45, 2.75) is 20.4 Å². The largest absolute Gasteiger partial charge is 0.494 e. The number of carbonyl (C=O) groups excluding carboxylic acids is 1. The Kier molecular flexibility index (Phi) is 4.61. The molecule has 6 nitrogen and oxygen atoms in total. The number of carbonyl (C=O) groups is 1. The number of amides is 1. The minimum atomic E-state index is -0.578. The molecule has 1 amide bonds. The number of benzene rings is 1. The fourth-order valence-electron chi connectivity index (χ4n) is 2.34. The van der Waals surface area contributed by atoms with E-state index < -0.39 is 5.63 Å². The number of fused-ring (bicyclic) bond motifs is 1. The molecule has 0 unspecified atom stereocenters.